The van der Waals surface area contributed by atoms with Crippen molar-refractivity contribution in [2.24, 2.45) is 5.73 Å². The SMILES string of the molecule is Cc1nc(C)c(C(N)c2cc3cc(F)ccc3o2)s1. The largest absolute Gasteiger partial charge is 0.459 e. The minimum absolute atomic E-state index is 0.279. The van der Waals surface area contributed by atoms with Crippen molar-refractivity contribution in [2.45, 2.75) is 19.9 Å². The van der Waals surface area contributed by atoms with E-state index in [0.717, 1.165) is 21.0 Å². The first-order chi connectivity index (χ1) is 9.04. The molecule has 0 radical (unpaired) electrons. The molecule has 1 atom stereocenters. The van der Waals surface area contributed by atoms with Crippen molar-refractivity contribution in [1.82, 2.24) is 4.98 Å². The van der Waals surface area contributed by atoms with Crippen LogP contribution in [-0.4, -0.2) is 4.98 Å². The fourth-order valence-electron chi connectivity index (χ4n) is 2.15. The third-order valence-corrected chi connectivity index (χ3v) is 4.18. The molecule has 3 nitrogen and oxygen atoms in total. The van der Waals surface area contributed by atoms with Crippen LogP contribution in [0.15, 0.2) is 28.7 Å². The Labute approximate surface area is 113 Å². The van der Waals surface area contributed by atoms with E-state index in [1.807, 2.05) is 13.8 Å². The second kappa shape index (κ2) is 4.43. The highest BCUT2D eigenvalue weighted by Crippen LogP contribution is 2.31. The first-order valence-corrected chi connectivity index (χ1v) is 6.75. The van der Waals surface area contributed by atoms with Crippen molar-refractivity contribution < 1.29 is 8.81 Å². The van der Waals surface area contributed by atoms with Crippen molar-refractivity contribution in [1.29, 1.82) is 0 Å². The van der Waals surface area contributed by atoms with E-state index < -0.39 is 0 Å². The number of halogens is 1. The number of furan rings is 1. The van der Waals surface area contributed by atoms with E-state index in [2.05, 4.69) is 4.98 Å². The van der Waals surface area contributed by atoms with E-state index in [1.165, 1.54) is 12.1 Å². The Kier molecular flexibility index (Phi) is 2.88. The van der Waals surface area contributed by atoms with E-state index in [1.54, 1.807) is 23.5 Å². The molecule has 0 saturated carbocycles. The highest BCUT2D eigenvalue weighted by atomic mass is 32.1. The molecule has 98 valence electrons. The number of nitrogens with two attached hydrogens (primary N) is 1. The van der Waals surface area contributed by atoms with Crippen LogP contribution in [0.5, 0.6) is 0 Å². The van der Waals surface area contributed by atoms with Crippen LogP contribution in [0.25, 0.3) is 11.0 Å². The number of hydrogen-bond acceptors (Lipinski definition) is 4. The number of hydrogen-bond donors (Lipinski definition) is 1. The summed E-state index contributed by atoms with van der Waals surface area (Å²) >= 11 is 1.56. The molecule has 5 heteroatoms. The van der Waals surface area contributed by atoms with E-state index >= 15 is 0 Å². The molecule has 3 rings (SSSR count). The van der Waals surface area contributed by atoms with E-state index in [-0.39, 0.29) is 11.9 Å². The Hall–Kier alpha value is -1.72. The van der Waals surface area contributed by atoms with Crippen LogP contribution in [-0.2, 0) is 0 Å². The van der Waals surface area contributed by atoms with Crippen LogP contribution in [0.4, 0.5) is 4.39 Å². The fourth-order valence-corrected chi connectivity index (χ4v) is 3.09. The number of aryl methyl sites for hydroxylation is 2. The molecule has 0 saturated heterocycles. The Balaban J connectivity index is 2.06. The second-order valence-electron chi connectivity index (χ2n) is 4.49. The van der Waals surface area contributed by atoms with Gasteiger partial charge < -0.3 is 10.2 Å². The molecule has 0 amide bonds. The van der Waals surface area contributed by atoms with Crippen LogP contribution in [0.3, 0.4) is 0 Å². The summed E-state index contributed by atoms with van der Waals surface area (Å²) in [6.45, 7) is 3.88. The van der Waals surface area contributed by atoms with Crippen LogP contribution >= 0.6 is 11.3 Å². The molecule has 0 spiro atoms. The third-order valence-electron chi connectivity index (χ3n) is 3.03. The van der Waals surface area contributed by atoms with Crippen LogP contribution in [0.1, 0.15) is 27.4 Å². The molecule has 19 heavy (non-hydrogen) atoms. The summed E-state index contributed by atoms with van der Waals surface area (Å²) in [6, 6.07) is 5.87. The minimum atomic E-state index is -0.360. The Morgan fingerprint density at radius 1 is 1.32 bits per heavy atom. The Morgan fingerprint density at radius 3 is 2.79 bits per heavy atom. The van der Waals surface area contributed by atoms with Crippen molar-refractivity contribution in [2.75, 3.05) is 0 Å². The molecule has 0 fully saturated rings. The smallest absolute Gasteiger partial charge is 0.134 e. The molecule has 2 N–H and O–H groups in total. The predicted octanol–water partition coefficient (Wildman–Crippen LogP) is 3.69. The topological polar surface area (TPSA) is 52.0 Å². The first kappa shape index (κ1) is 12.3. The third kappa shape index (κ3) is 2.15. The summed E-state index contributed by atoms with van der Waals surface area (Å²) < 4.78 is 18.8. The standard InChI is InChI=1S/C14H13FN2OS/c1-7-14(19-8(2)17-7)13(16)12-6-9-5-10(15)3-4-11(9)18-12/h3-6,13H,16H2,1-2H3. The molecule has 0 aliphatic heterocycles. The molecule has 0 aliphatic carbocycles. The fraction of sp³-hybridized carbons (Fsp3) is 0.214. The number of aromatic nitrogens is 1. The van der Waals surface area contributed by atoms with Gasteiger partial charge in [-0.1, -0.05) is 0 Å². The minimum Gasteiger partial charge on any atom is -0.459 e. The number of benzene rings is 1. The average molecular weight is 276 g/mol. The van der Waals surface area contributed by atoms with Gasteiger partial charge in [0.2, 0.25) is 0 Å². The molecule has 1 aromatic carbocycles. The number of rotatable bonds is 2. The monoisotopic (exact) mass is 276 g/mol. The van der Waals surface area contributed by atoms with Gasteiger partial charge in [-0.15, -0.1) is 11.3 Å². The van der Waals surface area contributed by atoms with E-state index in [9.17, 15) is 4.39 Å². The van der Waals surface area contributed by atoms with Gasteiger partial charge in [0.1, 0.15) is 17.2 Å². The summed E-state index contributed by atoms with van der Waals surface area (Å²) in [5, 5.41) is 1.70. The molecular weight excluding hydrogens is 263 g/mol. The quantitative estimate of drug-likeness (QED) is 0.776. The normalized spacial score (nSPS) is 13.1. The van der Waals surface area contributed by atoms with Gasteiger partial charge in [-0.3, -0.25) is 0 Å². The second-order valence-corrected chi connectivity index (χ2v) is 5.73. The van der Waals surface area contributed by atoms with Gasteiger partial charge in [-0.25, -0.2) is 9.37 Å². The number of nitrogens with zero attached hydrogens (tertiary/aromatic N) is 1. The molecule has 1 unspecified atom stereocenters. The molecule has 0 aliphatic rings. The highest BCUT2D eigenvalue weighted by molar-refractivity contribution is 7.11. The van der Waals surface area contributed by atoms with Crippen molar-refractivity contribution >= 4 is 22.3 Å². The highest BCUT2D eigenvalue weighted by Gasteiger charge is 2.19. The summed E-state index contributed by atoms with van der Waals surface area (Å²) in [4.78, 5) is 5.35. The molecule has 2 aromatic heterocycles. The van der Waals surface area contributed by atoms with Crippen molar-refractivity contribution in [3.8, 4) is 0 Å². The lowest BCUT2D eigenvalue weighted by atomic mass is 10.1. The van der Waals surface area contributed by atoms with Crippen molar-refractivity contribution in [3.05, 3.63) is 51.4 Å². The summed E-state index contributed by atoms with van der Waals surface area (Å²) in [7, 11) is 0. The molecule has 3 aromatic rings. The lowest BCUT2D eigenvalue weighted by molar-refractivity contribution is 0.526. The van der Waals surface area contributed by atoms with Crippen molar-refractivity contribution in [3.63, 3.8) is 0 Å². The maximum atomic E-state index is 13.2. The van der Waals surface area contributed by atoms with Gasteiger partial charge >= 0.3 is 0 Å². The van der Waals surface area contributed by atoms with Gasteiger partial charge in [-0.05, 0) is 38.1 Å². The van der Waals surface area contributed by atoms with Gasteiger partial charge in [0.05, 0.1) is 21.6 Å². The number of thiazole rings is 1. The van der Waals surface area contributed by atoms with Crippen LogP contribution < -0.4 is 5.73 Å². The summed E-state index contributed by atoms with van der Waals surface area (Å²) in [5.41, 5.74) is 7.78. The summed E-state index contributed by atoms with van der Waals surface area (Å²) in [6.07, 6.45) is 0. The number of fused-ring (bicyclic) bond motifs is 1. The average Bonchev–Trinajstić information content (AvgIpc) is 2.91. The lowest BCUT2D eigenvalue weighted by Crippen LogP contribution is -2.10. The van der Waals surface area contributed by atoms with Gasteiger partial charge in [-0.2, -0.15) is 0 Å². The Bertz CT molecular complexity index is 747. The molecule has 2 heterocycles. The zero-order chi connectivity index (χ0) is 13.6. The first-order valence-electron chi connectivity index (χ1n) is 5.93. The van der Waals surface area contributed by atoms with E-state index in [4.69, 9.17) is 10.2 Å². The maximum Gasteiger partial charge on any atom is 0.134 e. The van der Waals surface area contributed by atoms with E-state index in [0.29, 0.717) is 11.3 Å². The summed E-state index contributed by atoms with van der Waals surface area (Å²) in [5.74, 6) is 0.352. The zero-order valence-electron chi connectivity index (χ0n) is 10.6. The van der Waals surface area contributed by atoms with Gasteiger partial charge in [0.25, 0.3) is 0 Å². The van der Waals surface area contributed by atoms with Crippen LogP contribution in [0, 0.1) is 19.7 Å². The molecular formula is C14H13FN2OS. The van der Waals surface area contributed by atoms with Gasteiger partial charge in [0, 0.05) is 5.39 Å². The lowest BCUT2D eigenvalue weighted by Gasteiger charge is -2.06. The maximum absolute atomic E-state index is 13.2. The van der Waals surface area contributed by atoms with Crippen LogP contribution in [0.2, 0.25) is 0 Å². The predicted molar refractivity (Wildman–Crippen MR) is 73.8 cm³/mol. The van der Waals surface area contributed by atoms with Gasteiger partial charge in [0.15, 0.2) is 0 Å². The Morgan fingerprint density at radius 2 is 2.11 bits per heavy atom. The zero-order valence-corrected chi connectivity index (χ0v) is 11.4. The molecule has 0 bridgehead atoms.